The van der Waals surface area contributed by atoms with E-state index >= 15 is 0 Å². The SMILES string of the molecule is CCCCCOc1ccc(C2/C(=C(\O)c3ccc4c(c3)OCCO4)C(=O)C(=O)N2CCN2CCOCC2)cc1. The highest BCUT2D eigenvalue weighted by Crippen LogP contribution is 2.41. The van der Waals surface area contributed by atoms with E-state index in [1.54, 1.807) is 23.1 Å². The summed E-state index contributed by atoms with van der Waals surface area (Å²) in [5.41, 5.74) is 1.19. The van der Waals surface area contributed by atoms with Crippen LogP contribution in [0.15, 0.2) is 48.0 Å². The molecule has 1 N–H and O–H groups in total. The zero-order valence-corrected chi connectivity index (χ0v) is 22.4. The van der Waals surface area contributed by atoms with Gasteiger partial charge in [-0.25, -0.2) is 0 Å². The minimum absolute atomic E-state index is 0.0651. The number of ether oxygens (including phenoxy) is 4. The van der Waals surface area contributed by atoms with Crippen LogP contribution in [0, 0.1) is 0 Å². The quantitative estimate of drug-likeness (QED) is 0.212. The average Bonchev–Trinajstić information content (AvgIpc) is 3.23. The maximum Gasteiger partial charge on any atom is 0.295 e. The Labute approximate surface area is 228 Å². The smallest absolute Gasteiger partial charge is 0.295 e. The number of ketones is 1. The lowest BCUT2D eigenvalue weighted by atomic mass is 9.95. The molecule has 208 valence electrons. The van der Waals surface area contributed by atoms with Crippen LogP contribution in [0.2, 0.25) is 0 Å². The predicted molar refractivity (Wildman–Crippen MR) is 145 cm³/mol. The number of hydrogen-bond acceptors (Lipinski definition) is 8. The van der Waals surface area contributed by atoms with Crippen molar-refractivity contribution in [1.82, 2.24) is 9.80 Å². The van der Waals surface area contributed by atoms with Gasteiger partial charge in [0.25, 0.3) is 11.7 Å². The number of hydrogen-bond donors (Lipinski definition) is 1. The van der Waals surface area contributed by atoms with Gasteiger partial charge in [0.1, 0.15) is 24.7 Å². The van der Waals surface area contributed by atoms with Crippen LogP contribution in [0.1, 0.15) is 43.4 Å². The predicted octanol–water partition coefficient (Wildman–Crippen LogP) is 3.78. The third-order valence-electron chi connectivity index (χ3n) is 7.33. The molecule has 0 aromatic heterocycles. The van der Waals surface area contributed by atoms with Gasteiger partial charge in [0.15, 0.2) is 11.5 Å². The van der Waals surface area contributed by atoms with Crippen molar-refractivity contribution in [3.63, 3.8) is 0 Å². The van der Waals surface area contributed by atoms with E-state index in [0.717, 1.165) is 43.7 Å². The van der Waals surface area contributed by atoms with E-state index in [1.807, 2.05) is 24.3 Å². The maximum atomic E-state index is 13.4. The van der Waals surface area contributed by atoms with Crippen LogP contribution >= 0.6 is 0 Å². The summed E-state index contributed by atoms with van der Waals surface area (Å²) in [6.45, 7) is 7.42. The number of carbonyl (C=O) groups is 2. The summed E-state index contributed by atoms with van der Waals surface area (Å²) in [5.74, 6) is 0.250. The number of likely N-dealkylation sites (tertiary alicyclic amines) is 1. The van der Waals surface area contributed by atoms with Crippen LogP contribution in [0.4, 0.5) is 0 Å². The van der Waals surface area contributed by atoms with Crippen molar-refractivity contribution >= 4 is 17.4 Å². The van der Waals surface area contributed by atoms with Crippen LogP contribution in [0.25, 0.3) is 5.76 Å². The van der Waals surface area contributed by atoms with Crippen molar-refractivity contribution < 1.29 is 33.6 Å². The highest BCUT2D eigenvalue weighted by molar-refractivity contribution is 6.46. The maximum absolute atomic E-state index is 13.4. The van der Waals surface area contributed by atoms with Gasteiger partial charge < -0.3 is 29.0 Å². The first-order valence-electron chi connectivity index (χ1n) is 13.8. The molecular formula is C30H36N2O7. The van der Waals surface area contributed by atoms with Crippen LogP contribution in [0.3, 0.4) is 0 Å². The molecule has 0 spiro atoms. The van der Waals surface area contributed by atoms with Gasteiger partial charge in [-0.05, 0) is 42.3 Å². The van der Waals surface area contributed by atoms with Gasteiger partial charge in [-0.15, -0.1) is 0 Å². The summed E-state index contributed by atoms with van der Waals surface area (Å²) >= 11 is 0. The van der Waals surface area contributed by atoms with Gasteiger partial charge in [-0.3, -0.25) is 14.5 Å². The Morgan fingerprint density at radius 2 is 1.69 bits per heavy atom. The number of carbonyl (C=O) groups excluding carboxylic acids is 2. The van der Waals surface area contributed by atoms with Crippen molar-refractivity contribution in [2.45, 2.75) is 32.2 Å². The number of amides is 1. The second-order valence-electron chi connectivity index (χ2n) is 9.93. The highest BCUT2D eigenvalue weighted by Gasteiger charge is 2.46. The van der Waals surface area contributed by atoms with E-state index in [1.165, 1.54) is 0 Å². The van der Waals surface area contributed by atoms with E-state index in [-0.39, 0.29) is 11.3 Å². The Kier molecular flexibility index (Phi) is 8.68. The van der Waals surface area contributed by atoms with E-state index in [4.69, 9.17) is 18.9 Å². The second-order valence-corrected chi connectivity index (χ2v) is 9.93. The molecule has 5 rings (SSSR count). The standard InChI is InChI=1S/C30H36N2O7/c1-2-3-4-15-37-23-8-5-21(6-9-23)27-26(28(33)22-7-10-24-25(20-22)39-19-18-38-24)29(34)30(35)32(27)12-11-31-13-16-36-17-14-31/h5-10,20,27,33H,2-4,11-19H2,1H3/b28-26+. The molecule has 2 fully saturated rings. The minimum Gasteiger partial charge on any atom is -0.507 e. The molecule has 2 saturated heterocycles. The molecule has 9 heteroatoms. The van der Waals surface area contributed by atoms with Gasteiger partial charge in [0, 0.05) is 31.7 Å². The molecule has 1 atom stereocenters. The molecule has 3 heterocycles. The number of aliphatic hydroxyl groups is 1. The molecular weight excluding hydrogens is 500 g/mol. The topological polar surface area (TPSA) is 97.8 Å². The van der Waals surface area contributed by atoms with Crippen molar-refractivity contribution in [3.8, 4) is 17.2 Å². The molecule has 0 bridgehead atoms. The van der Waals surface area contributed by atoms with Gasteiger partial charge in [0.05, 0.1) is 31.4 Å². The van der Waals surface area contributed by atoms with Crippen LogP contribution in [-0.4, -0.2) is 85.8 Å². The summed E-state index contributed by atoms with van der Waals surface area (Å²) in [5, 5.41) is 11.4. The lowest BCUT2D eigenvalue weighted by Crippen LogP contribution is -2.42. The van der Waals surface area contributed by atoms with Gasteiger partial charge in [-0.1, -0.05) is 31.9 Å². The van der Waals surface area contributed by atoms with Gasteiger partial charge in [0.2, 0.25) is 0 Å². The number of morpholine rings is 1. The molecule has 0 radical (unpaired) electrons. The Morgan fingerprint density at radius 3 is 2.44 bits per heavy atom. The van der Waals surface area contributed by atoms with E-state index in [2.05, 4.69) is 11.8 Å². The van der Waals surface area contributed by atoms with Crippen LogP contribution in [0.5, 0.6) is 17.2 Å². The Balaban J connectivity index is 1.46. The Morgan fingerprint density at radius 1 is 0.949 bits per heavy atom. The van der Waals surface area contributed by atoms with Crippen molar-refractivity contribution in [3.05, 3.63) is 59.2 Å². The lowest BCUT2D eigenvalue weighted by molar-refractivity contribution is -0.140. The molecule has 9 nitrogen and oxygen atoms in total. The number of fused-ring (bicyclic) bond motifs is 1. The van der Waals surface area contributed by atoms with E-state index < -0.39 is 17.7 Å². The molecule has 1 amide bonds. The monoisotopic (exact) mass is 536 g/mol. The Bertz CT molecular complexity index is 1200. The van der Waals surface area contributed by atoms with Crippen molar-refractivity contribution in [1.29, 1.82) is 0 Å². The van der Waals surface area contributed by atoms with Crippen molar-refractivity contribution in [2.75, 3.05) is 59.2 Å². The fourth-order valence-electron chi connectivity index (χ4n) is 5.17. The first-order valence-corrected chi connectivity index (χ1v) is 13.8. The number of rotatable bonds is 10. The number of Topliss-reactive ketones (excluding diaryl/α,β-unsaturated/α-hetero) is 1. The third-order valence-corrected chi connectivity index (χ3v) is 7.33. The molecule has 39 heavy (non-hydrogen) atoms. The zero-order chi connectivity index (χ0) is 27.2. The van der Waals surface area contributed by atoms with Gasteiger partial charge in [-0.2, -0.15) is 0 Å². The summed E-state index contributed by atoms with van der Waals surface area (Å²) < 4.78 is 22.6. The average molecular weight is 537 g/mol. The largest absolute Gasteiger partial charge is 0.507 e. The summed E-state index contributed by atoms with van der Waals surface area (Å²) in [7, 11) is 0. The number of benzene rings is 2. The summed E-state index contributed by atoms with van der Waals surface area (Å²) in [6, 6.07) is 11.7. The number of nitrogens with zero attached hydrogens (tertiary/aromatic N) is 2. The number of aliphatic hydroxyl groups excluding tert-OH is 1. The normalized spacial score (nSPS) is 20.8. The molecule has 0 saturated carbocycles. The molecule has 2 aromatic rings. The first-order chi connectivity index (χ1) is 19.1. The molecule has 1 unspecified atom stereocenters. The van der Waals surface area contributed by atoms with Crippen LogP contribution in [-0.2, 0) is 14.3 Å². The summed E-state index contributed by atoms with van der Waals surface area (Å²) in [6.07, 6.45) is 3.21. The molecule has 3 aliphatic heterocycles. The Hall–Kier alpha value is -3.56. The summed E-state index contributed by atoms with van der Waals surface area (Å²) in [4.78, 5) is 30.5. The molecule has 2 aromatic carbocycles. The fraction of sp³-hybridized carbons (Fsp3) is 0.467. The molecule has 3 aliphatic rings. The van der Waals surface area contributed by atoms with Crippen molar-refractivity contribution in [2.24, 2.45) is 0 Å². The third kappa shape index (κ3) is 6.04. The molecule has 0 aliphatic carbocycles. The van der Waals surface area contributed by atoms with Gasteiger partial charge >= 0.3 is 0 Å². The first kappa shape index (κ1) is 27.0. The highest BCUT2D eigenvalue weighted by atomic mass is 16.6. The van der Waals surface area contributed by atoms with E-state index in [0.29, 0.717) is 63.2 Å². The van der Waals surface area contributed by atoms with Crippen LogP contribution < -0.4 is 14.2 Å². The fourth-order valence-corrected chi connectivity index (χ4v) is 5.17. The zero-order valence-electron chi connectivity index (χ0n) is 22.4. The minimum atomic E-state index is -0.728. The lowest BCUT2D eigenvalue weighted by Gasteiger charge is -2.31. The second kappa shape index (κ2) is 12.5. The van der Waals surface area contributed by atoms with E-state index in [9.17, 15) is 14.7 Å². The number of unbranched alkanes of at least 4 members (excludes halogenated alkanes) is 2.